The molecule has 0 aliphatic carbocycles. The van der Waals surface area contributed by atoms with Gasteiger partial charge in [-0.25, -0.2) is 0 Å². The second kappa shape index (κ2) is 21.1. The van der Waals surface area contributed by atoms with E-state index < -0.39 is 11.9 Å². The molecule has 0 aromatic carbocycles. The number of hydrogen-bond donors (Lipinski definition) is 0. The summed E-state index contributed by atoms with van der Waals surface area (Å²) in [4.78, 5) is 20.4. The van der Waals surface area contributed by atoms with Crippen LogP contribution in [0.4, 0.5) is 0 Å². The van der Waals surface area contributed by atoms with E-state index in [2.05, 4.69) is 0 Å². The smallest absolute Gasteiger partial charge is 0.550 e. The molecule has 0 atom stereocenters. The summed E-state index contributed by atoms with van der Waals surface area (Å²) in [6, 6.07) is 0. The Labute approximate surface area is 159 Å². The van der Waals surface area contributed by atoms with Crippen molar-refractivity contribution in [3.05, 3.63) is 0 Å². The van der Waals surface area contributed by atoms with Crippen molar-refractivity contribution in [3.63, 3.8) is 0 Å². The number of aliphatic carboxylic acids is 2. The Morgan fingerprint density at radius 1 is 0.455 bits per heavy atom. The van der Waals surface area contributed by atoms with E-state index in [0.717, 1.165) is 38.5 Å². The van der Waals surface area contributed by atoms with Gasteiger partial charge in [0.05, 0.1) is 0 Å². The maximum atomic E-state index is 10.2. The monoisotopic (exact) mass is 298 g/mol. The van der Waals surface area contributed by atoms with Crippen LogP contribution in [0.1, 0.15) is 89.9 Å². The van der Waals surface area contributed by atoms with Crippen LogP contribution >= 0.6 is 0 Å². The SMILES string of the molecule is O=C([O-])CCCCCCCCCCCCCCC(=O)[O-].[Li+].[Li+]. The summed E-state index contributed by atoms with van der Waals surface area (Å²) in [5.41, 5.74) is 0. The van der Waals surface area contributed by atoms with Gasteiger partial charge in [0.15, 0.2) is 0 Å². The van der Waals surface area contributed by atoms with Crippen molar-refractivity contribution in [3.8, 4) is 0 Å². The molecule has 118 valence electrons. The Morgan fingerprint density at radius 2 is 0.636 bits per heavy atom. The third-order valence-corrected chi connectivity index (χ3v) is 3.51. The Morgan fingerprint density at radius 3 is 0.818 bits per heavy atom. The number of hydrogen-bond acceptors (Lipinski definition) is 4. The second-order valence-corrected chi connectivity index (χ2v) is 5.49. The molecule has 0 N–H and O–H groups in total. The maximum Gasteiger partial charge on any atom is 1.00 e. The average Bonchev–Trinajstić information content (AvgIpc) is 2.38. The topological polar surface area (TPSA) is 80.3 Å². The Balaban J connectivity index is -0.00000180. The van der Waals surface area contributed by atoms with Crippen molar-refractivity contribution < 1.29 is 57.5 Å². The van der Waals surface area contributed by atoms with Crippen LogP contribution < -0.4 is 47.9 Å². The van der Waals surface area contributed by atoms with E-state index in [1.54, 1.807) is 0 Å². The number of carboxylic acid groups (broad SMARTS) is 2. The van der Waals surface area contributed by atoms with Crippen molar-refractivity contribution in [1.82, 2.24) is 0 Å². The van der Waals surface area contributed by atoms with E-state index in [4.69, 9.17) is 0 Å². The van der Waals surface area contributed by atoms with Crippen molar-refractivity contribution in [2.75, 3.05) is 0 Å². The summed E-state index contributed by atoms with van der Waals surface area (Å²) < 4.78 is 0. The van der Waals surface area contributed by atoms with Gasteiger partial charge in [-0.1, -0.05) is 64.2 Å². The Bertz CT molecular complexity index is 235. The molecule has 0 bridgehead atoms. The van der Waals surface area contributed by atoms with Gasteiger partial charge in [-0.3, -0.25) is 0 Å². The van der Waals surface area contributed by atoms with Crippen LogP contribution in [0.5, 0.6) is 0 Å². The number of carbonyl (C=O) groups excluding carboxylic acids is 2. The molecule has 0 radical (unpaired) electrons. The molecule has 0 saturated heterocycles. The molecule has 0 aliphatic heterocycles. The fraction of sp³-hybridized carbons (Fsp3) is 0.875. The minimum Gasteiger partial charge on any atom is -0.550 e. The predicted octanol–water partition coefficient (Wildman–Crippen LogP) is -4.04. The van der Waals surface area contributed by atoms with Gasteiger partial charge in [0, 0.05) is 11.9 Å². The normalized spacial score (nSPS) is 9.64. The molecule has 0 saturated carbocycles. The zero-order valence-electron chi connectivity index (χ0n) is 14.5. The first-order valence-corrected chi connectivity index (χ1v) is 8.02. The number of carboxylic acids is 2. The second-order valence-electron chi connectivity index (χ2n) is 5.49. The van der Waals surface area contributed by atoms with Gasteiger partial charge < -0.3 is 19.8 Å². The van der Waals surface area contributed by atoms with Crippen molar-refractivity contribution in [2.24, 2.45) is 0 Å². The molecule has 0 fully saturated rings. The summed E-state index contributed by atoms with van der Waals surface area (Å²) in [6.07, 6.45) is 13.5. The molecular weight excluding hydrogens is 270 g/mol. The number of carbonyl (C=O) groups is 2. The van der Waals surface area contributed by atoms with Gasteiger partial charge in [-0.15, -0.1) is 0 Å². The molecule has 6 heteroatoms. The van der Waals surface area contributed by atoms with Gasteiger partial charge >= 0.3 is 37.7 Å². The van der Waals surface area contributed by atoms with E-state index in [0.29, 0.717) is 0 Å². The molecule has 0 unspecified atom stereocenters. The molecule has 0 heterocycles. The van der Waals surface area contributed by atoms with Crippen LogP contribution in [0.2, 0.25) is 0 Å². The third-order valence-electron chi connectivity index (χ3n) is 3.51. The van der Waals surface area contributed by atoms with Crippen molar-refractivity contribution in [1.29, 1.82) is 0 Å². The van der Waals surface area contributed by atoms with Crippen LogP contribution in [0.3, 0.4) is 0 Å². The van der Waals surface area contributed by atoms with E-state index >= 15 is 0 Å². The number of unbranched alkanes of at least 4 members (excludes halogenated alkanes) is 11. The minimum absolute atomic E-state index is 0. The van der Waals surface area contributed by atoms with Gasteiger partial charge in [0.1, 0.15) is 0 Å². The van der Waals surface area contributed by atoms with Gasteiger partial charge in [0.25, 0.3) is 0 Å². The zero-order chi connectivity index (χ0) is 15.1. The summed E-state index contributed by atoms with van der Waals surface area (Å²) in [7, 11) is 0. The first-order chi connectivity index (χ1) is 9.63. The summed E-state index contributed by atoms with van der Waals surface area (Å²) >= 11 is 0. The van der Waals surface area contributed by atoms with Crippen LogP contribution in [0.25, 0.3) is 0 Å². The van der Waals surface area contributed by atoms with Crippen LogP contribution in [0.15, 0.2) is 0 Å². The standard InChI is InChI=1S/C16H30O4.2Li/c17-15(18)13-11-9-7-5-3-1-2-4-6-8-10-12-14-16(19)20;;/h1-14H2,(H,17,18)(H,19,20);;/q;2*+1/p-2. The van der Waals surface area contributed by atoms with Crippen LogP contribution in [0, 0.1) is 0 Å². The summed E-state index contributed by atoms with van der Waals surface area (Å²) in [5.74, 6) is -1.88. The van der Waals surface area contributed by atoms with E-state index in [1.807, 2.05) is 0 Å². The Hall–Kier alpha value is 0.135. The number of rotatable bonds is 15. The summed E-state index contributed by atoms with van der Waals surface area (Å²) in [5, 5.41) is 20.4. The van der Waals surface area contributed by atoms with Gasteiger partial charge in [0.2, 0.25) is 0 Å². The molecule has 0 aliphatic rings. The first-order valence-electron chi connectivity index (χ1n) is 8.02. The largest absolute Gasteiger partial charge is 1.00 e. The molecule has 0 spiro atoms. The fourth-order valence-corrected chi connectivity index (χ4v) is 2.31. The van der Waals surface area contributed by atoms with Crippen molar-refractivity contribution in [2.45, 2.75) is 89.9 Å². The average molecular weight is 298 g/mol. The minimum atomic E-state index is -0.940. The quantitative estimate of drug-likeness (QED) is 0.228. The molecule has 0 rings (SSSR count). The van der Waals surface area contributed by atoms with E-state index in [1.165, 1.54) is 38.5 Å². The summed E-state index contributed by atoms with van der Waals surface area (Å²) in [6.45, 7) is 0. The van der Waals surface area contributed by atoms with Gasteiger partial charge in [-0.05, 0) is 25.7 Å². The van der Waals surface area contributed by atoms with E-state index in [-0.39, 0.29) is 50.6 Å². The first kappa shape index (κ1) is 27.0. The van der Waals surface area contributed by atoms with Crippen LogP contribution in [-0.4, -0.2) is 11.9 Å². The third kappa shape index (κ3) is 25.1. The molecule has 4 nitrogen and oxygen atoms in total. The molecule has 0 amide bonds. The zero-order valence-corrected chi connectivity index (χ0v) is 14.5. The maximum absolute atomic E-state index is 10.2. The molecule has 0 aromatic rings. The van der Waals surface area contributed by atoms with Gasteiger partial charge in [-0.2, -0.15) is 0 Å². The fourth-order valence-electron chi connectivity index (χ4n) is 2.31. The van der Waals surface area contributed by atoms with E-state index in [9.17, 15) is 19.8 Å². The van der Waals surface area contributed by atoms with Crippen molar-refractivity contribution >= 4 is 11.9 Å². The van der Waals surface area contributed by atoms with Crippen LogP contribution in [-0.2, 0) is 9.59 Å². The molecular formula is C16H28Li2O4. The predicted molar refractivity (Wildman–Crippen MR) is 74.7 cm³/mol. The molecule has 22 heavy (non-hydrogen) atoms. The Kier molecular flexibility index (Phi) is 25.9. The molecule has 0 aromatic heterocycles.